The van der Waals surface area contributed by atoms with Crippen LogP contribution < -0.4 is 10.4 Å². The summed E-state index contributed by atoms with van der Waals surface area (Å²) in [5.41, 5.74) is -0.370. The predicted octanol–water partition coefficient (Wildman–Crippen LogP) is 1.84. The first kappa shape index (κ1) is 20.9. The molecule has 2 aromatic heterocycles. The first-order valence-electron chi connectivity index (χ1n) is 9.73. The number of benzene rings is 1. The number of hydrogen-bond acceptors (Lipinski definition) is 8. The molecule has 1 aromatic carbocycles. The number of halogens is 2. The van der Waals surface area contributed by atoms with Gasteiger partial charge in [-0.15, -0.1) is 10.2 Å². The zero-order valence-electron chi connectivity index (χ0n) is 16.8. The number of hydrogen-bond donors (Lipinski definition) is 1. The van der Waals surface area contributed by atoms with E-state index >= 15 is 0 Å². The molecule has 1 saturated heterocycles. The molecule has 32 heavy (non-hydrogen) atoms. The zero-order chi connectivity index (χ0) is 22.6. The van der Waals surface area contributed by atoms with Gasteiger partial charge in [0.1, 0.15) is 17.0 Å². The molecule has 1 atom stereocenters. The third-order valence-corrected chi connectivity index (χ3v) is 6.81. The maximum Gasteiger partial charge on any atom is 0.277 e. The van der Waals surface area contributed by atoms with Gasteiger partial charge in [-0.25, -0.2) is 4.39 Å². The van der Waals surface area contributed by atoms with Gasteiger partial charge in [0, 0.05) is 19.7 Å². The molecule has 0 unspecified atom stereocenters. The van der Waals surface area contributed by atoms with Crippen LogP contribution >= 0.6 is 22.9 Å². The second-order valence-electron chi connectivity index (χ2n) is 7.44. The van der Waals surface area contributed by atoms with Gasteiger partial charge in [0.15, 0.2) is 16.5 Å². The highest BCUT2D eigenvalue weighted by molar-refractivity contribution is 7.14. The number of aromatic hydroxyl groups is 1. The van der Waals surface area contributed by atoms with Gasteiger partial charge in [-0.1, -0.05) is 35.1 Å². The summed E-state index contributed by atoms with van der Waals surface area (Å²) in [6.45, 7) is 1.21. The number of carbonyl (C=O) groups is 1. The van der Waals surface area contributed by atoms with Crippen LogP contribution in [0.1, 0.15) is 21.1 Å². The van der Waals surface area contributed by atoms with E-state index in [1.807, 2.05) is 5.01 Å². The van der Waals surface area contributed by atoms with Crippen LogP contribution in [0.15, 0.2) is 29.2 Å². The van der Waals surface area contributed by atoms with Gasteiger partial charge in [-0.2, -0.15) is 0 Å². The quantitative estimate of drug-likeness (QED) is 0.614. The highest BCUT2D eigenvalue weighted by Crippen LogP contribution is 2.30. The number of morpholine rings is 1. The van der Waals surface area contributed by atoms with Crippen molar-refractivity contribution in [3.8, 4) is 16.3 Å². The third-order valence-electron chi connectivity index (χ3n) is 5.56. The monoisotopic (exact) mass is 477 g/mol. The Morgan fingerprint density at radius 2 is 2.16 bits per heavy atom. The fraction of sp³-hybridized carbons (Fsp3) is 0.300. The van der Waals surface area contributed by atoms with E-state index in [9.17, 15) is 19.1 Å². The Morgan fingerprint density at radius 1 is 1.34 bits per heavy atom. The number of likely N-dealkylation sites (N-methyl/N-ethyl adjacent to an activating group) is 1. The Kier molecular flexibility index (Phi) is 5.11. The Morgan fingerprint density at radius 3 is 2.97 bits per heavy atom. The lowest BCUT2D eigenvalue weighted by atomic mass is 10.1. The molecule has 166 valence electrons. The first-order valence-corrected chi connectivity index (χ1v) is 10.9. The van der Waals surface area contributed by atoms with E-state index in [1.54, 1.807) is 19.2 Å². The molecule has 0 aliphatic carbocycles. The van der Waals surface area contributed by atoms with Crippen LogP contribution in [0, 0.1) is 5.82 Å². The van der Waals surface area contributed by atoms with Crippen molar-refractivity contribution >= 4 is 28.8 Å². The molecule has 4 heterocycles. The minimum atomic E-state index is -0.721. The molecule has 9 nitrogen and oxygen atoms in total. The minimum Gasteiger partial charge on any atom is -0.502 e. The summed E-state index contributed by atoms with van der Waals surface area (Å²) < 4.78 is 21.2. The second-order valence-corrected chi connectivity index (χ2v) is 8.91. The van der Waals surface area contributed by atoms with Gasteiger partial charge in [-0.05, 0) is 11.6 Å². The molecule has 2 aliphatic rings. The average molecular weight is 478 g/mol. The summed E-state index contributed by atoms with van der Waals surface area (Å²) in [4.78, 5) is 27.2. The van der Waals surface area contributed by atoms with Crippen molar-refractivity contribution in [2.75, 3.05) is 31.8 Å². The maximum atomic E-state index is 14.2. The third kappa shape index (κ3) is 3.24. The minimum absolute atomic E-state index is 0.0137. The zero-order valence-corrected chi connectivity index (χ0v) is 18.4. The SMILES string of the molecule is CN1C(=O)c2c(O)c(=O)c(-c3nnc(Cc4cccc(Cl)c4F)s3)cn2N2CCOC[C@@H]12. The van der Waals surface area contributed by atoms with Gasteiger partial charge in [0.25, 0.3) is 5.91 Å². The predicted molar refractivity (Wildman–Crippen MR) is 115 cm³/mol. The molecule has 1 fully saturated rings. The number of carbonyl (C=O) groups excluding carboxylic acids is 1. The largest absolute Gasteiger partial charge is 0.502 e. The molecule has 2 aliphatic heterocycles. The van der Waals surface area contributed by atoms with Crippen molar-refractivity contribution in [2.24, 2.45) is 0 Å². The second kappa shape index (κ2) is 7.84. The van der Waals surface area contributed by atoms with Crippen molar-refractivity contribution in [2.45, 2.75) is 12.6 Å². The van der Waals surface area contributed by atoms with E-state index in [2.05, 4.69) is 10.2 Å². The van der Waals surface area contributed by atoms with E-state index in [0.717, 1.165) is 11.3 Å². The number of rotatable bonds is 3. The fourth-order valence-corrected chi connectivity index (χ4v) is 4.94. The van der Waals surface area contributed by atoms with Crippen molar-refractivity contribution in [3.05, 3.63) is 61.7 Å². The van der Waals surface area contributed by atoms with Crippen LogP contribution in [0.4, 0.5) is 4.39 Å². The van der Waals surface area contributed by atoms with E-state index < -0.39 is 22.9 Å². The highest BCUT2D eigenvalue weighted by atomic mass is 35.5. The Labute approximate surface area is 190 Å². The summed E-state index contributed by atoms with van der Waals surface area (Å²) in [5.74, 6) is -1.66. The van der Waals surface area contributed by atoms with Crippen molar-refractivity contribution in [1.82, 2.24) is 19.8 Å². The molecule has 0 spiro atoms. The number of ether oxygens (including phenoxy) is 1. The van der Waals surface area contributed by atoms with E-state index in [0.29, 0.717) is 30.3 Å². The number of amides is 1. The van der Waals surface area contributed by atoms with Crippen molar-refractivity contribution in [3.63, 3.8) is 0 Å². The lowest BCUT2D eigenvalue weighted by Crippen LogP contribution is -2.64. The molecule has 1 amide bonds. The summed E-state index contributed by atoms with van der Waals surface area (Å²) in [5, 5.41) is 21.4. The highest BCUT2D eigenvalue weighted by Gasteiger charge is 2.40. The number of aromatic nitrogens is 3. The van der Waals surface area contributed by atoms with Crippen LogP contribution in [0.3, 0.4) is 0 Å². The molecule has 5 rings (SSSR count). The Hall–Kier alpha value is -3.02. The van der Waals surface area contributed by atoms with Crippen LogP contribution in [0.5, 0.6) is 5.75 Å². The lowest BCUT2D eigenvalue weighted by Gasteiger charge is -2.47. The molecular formula is C20H17ClFN5O4S. The molecule has 0 bridgehead atoms. The molecular weight excluding hydrogens is 461 g/mol. The number of nitrogens with zero attached hydrogens (tertiary/aromatic N) is 5. The van der Waals surface area contributed by atoms with Gasteiger partial charge in [-0.3, -0.25) is 19.3 Å². The summed E-state index contributed by atoms with van der Waals surface area (Å²) in [6.07, 6.45) is 1.27. The maximum absolute atomic E-state index is 14.2. The van der Waals surface area contributed by atoms with E-state index in [1.165, 1.54) is 21.8 Å². The van der Waals surface area contributed by atoms with Crippen molar-refractivity contribution < 1.29 is 19.0 Å². The normalized spacial score (nSPS) is 18.0. The molecule has 3 aromatic rings. The summed E-state index contributed by atoms with van der Waals surface area (Å²) >= 11 is 6.95. The van der Waals surface area contributed by atoms with Crippen LogP contribution in [0.25, 0.3) is 10.6 Å². The van der Waals surface area contributed by atoms with Gasteiger partial charge in [0.05, 0.1) is 30.3 Å². The molecule has 0 radical (unpaired) electrons. The fourth-order valence-electron chi connectivity index (χ4n) is 3.87. The number of pyridine rings is 1. The van der Waals surface area contributed by atoms with Gasteiger partial charge >= 0.3 is 0 Å². The Balaban J connectivity index is 1.56. The average Bonchev–Trinajstić information content (AvgIpc) is 3.25. The van der Waals surface area contributed by atoms with Crippen molar-refractivity contribution in [1.29, 1.82) is 0 Å². The van der Waals surface area contributed by atoms with Crippen LogP contribution in [0.2, 0.25) is 5.02 Å². The van der Waals surface area contributed by atoms with Gasteiger partial charge < -0.3 is 14.7 Å². The van der Waals surface area contributed by atoms with Crippen LogP contribution in [-0.2, 0) is 11.2 Å². The first-order chi connectivity index (χ1) is 15.4. The molecule has 1 N–H and O–H groups in total. The Bertz CT molecular complexity index is 1300. The summed E-state index contributed by atoms with van der Waals surface area (Å²) in [7, 11) is 1.60. The summed E-state index contributed by atoms with van der Waals surface area (Å²) in [6, 6.07) is 4.70. The smallest absolute Gasteiger partial charge is 0.277 e. The molecule has 0 saturated carbocycles. The van der Waals surface area contributed by atoms with Gasteiger partial charge in [0.2, 0.25) is 5.43 Å². The topological polar surface area (TPSA) is 101 Å². The van der Waals surface area contributed by atoms with Crippen LogP contribution in [-0.4, -0.2) is 63.8 Å². The lowest BCUT2D eigenvalue weighted by molar-refractivity contribution is 0.0122. The standard InChI is InChI=1S/C20H17ClFN5O4S/c1-25-14-9-31-6-5-26(14)27-8-11(17(28)18(29)16(27)20(25)30)19-24-23-13(32-19)7-10-3-2-4-12(21)15(10)22/h2-4,8,14,29H,5-7,9H2,1H3/t14-/m0/s1. The molecule has 12 heteroatoms. The number of fused-ring (bicyclic) bond motifs is 3. The van der Waals surface area contributed by atoms with E-state index in [-0.39, 0.29) is 33.9 Å². The van der Waals surface area contributed by atoms with E-state index in [4.69, 9.17) is 16.3 Å².